The van der Waals surface area contributed by atoms with Gasteiger partial charge >= 0.3 is 0 Å². The molecule has 2 heterocycles. The van der Waals surface area contributed by atoms with Crippen LogP contribution in [0.5, 0.6) is 0 Å². The van der Waals surface area contributed by atoms with Crippen LogP contribution in [0.4, 0.5) is 0 Å². The van der Waals surface area contributed by atoms with E-state index in [0.29, 0.717) is 11.8 Å². The van der Waals surface area contributed by atoms with Crippen molar-refractivity contribution in [2.24, 2.45) is 5.92 Å². The first-order chi connectivity index (χ1) is 11.7. The summed E-state index contributed by atoms with van der Waals surface area (Å²) in [6.07, 6.45) is 10.6. The molecule has 5 heteroatoms. The number of rotatable bonds is 4. The number of methoxy groups -OCH3 is 1. The van der Waals surface area contributed by atoms with Crippen LogP contribution in [0.3, 0.4) is 0 Å². The van der Waals surface area contributed by atoms with Crippen LogP contribution in [0.15, 0.2) is 29.1 Å². The minimum absolute atomic E-state index is 0.0757. The van der Waals surface area contributed by atoms with E-state index >= 15 is 0 Å². The number of nitrogens with zero attached hydrogens (tertiary/aromatic N) is 2. The van der Waals surface area contributed by atoms with Crippen molar-refractivity contribution < 1.29 is 9.47 Å². The highest BCUT2D eigenvalue weighted by Crippen LogP contribution is 2.53. The molecule has 2 aromatic rings. The lowest BCUT2D eigenvalue weighted by Crippen LogP contribution is -2.19. The van der Waals surface area contributed by atoms with E-state index in [-0.39, 0.29) is 6.23 Å². The molecule has 1 unspecified atom stereocenters. The predicted molar refractivity (Wildman–Crippen MR) is 98.0 cm³/mol. The first-order valence-electron chi connectivity index (χ1n) is 8.68. The van der Waals surface area contributed by atoms with Crippen LogP contribution in [0.2, 0.25) is 0 Å². The van der Waals surface area contributed by atoms with Crippen molar-refractivity contribution in [2.45, 2.75) is 44.8 Å². The highest BCUT2D eigenvalue weighted by Gasteiger charge is 2.39. The van der Waals surface area contributed by atoms with Crippen LogP contribution in [-0.4, -0.2) is 23.5 Å². The molecule has 2 aliphatic rings. The normalized spacial score (nSPS) is 27.0. The van der Waals surface area contributed by atoms with E-state index in [9.17, 15) is 0 Å². The lowest BCUT2D eigenvalue weighted by Gasteiger charge is -2.23. The zero-order valence-electron chi connectivity index (χ0n) is 14.2. The molecule has 128 valence electrons. The number of fused-ring (bicyclic) bond motifs is 1. The smallest absolute Gasteiger partial charge is 0.150 e. The van der Waals surface area contributed by atoms with Crippen LogP contribution in [-0.2, 0) is 9.47 Å². The van der Waals surface area contributed by atoms with Gasteiger partial charge in [0.2, 0.25) is 0 Å². The van der Waals surface area contributed by atoms with Gasteiger partial charge in [0.15, 0.2) is 6.23 Å². The van der Waals surface area contributed by atoms with Crippen LogP contribution in [0, 0.1) is 12.8 Å². The minimum Gasteiger partial charge on any atom is -0.505 e. The van der Waals surface area contributed by atoms with E-state index in [1.165, 1.54) is 39.3 Å². The van der Waals surface area contributed by atoms with Gasteiger partial charge in [-0.1, -0.05) is 0 Å². The first-order valence-corrected chi connectivity index (χ1v) is 9.47. The zero-order valence-corrected chi connectivity index (χ0v) is 15.8. The molecule has 4 rings (SSSR count). The molecule has 1 aliphatic carbocycles. The molecule has 0 amide bonds. The van der Waals surface area contributed by atoms with Gasteiger partial charge in [-0.15, -0.1) is 0 Å². The molecule has 1 aliphatic heterocycles. The first kappa shape index (κ1) is 16.2. The average Bonchev–Trinajstić information content (AvgIpc) is 3.22. The Hall–Kier alpha value is -1.33. The lowest BCUT2D eigenvalue weighted by molar-refractivity contribution is -0.0366. The summed E-state index contributed by atoms with van der Waals surface area (Å²) in [5.74, 6) is 1.15. The summed E-state index contributed by atoms with van der Waals surface area (Å²) in [5, 5.41) is 5.82. The number of allylic oxidation sites excluding steroid dienone is 1. The van der Waals surface area contributed by atoms with Crippen molar-refractivity contribution in [3.63, 3.8) is 0 Å². The Labute approximate surface area is 150 Å². The molecule has 1 saturated heterocycles. The topological polar surface area (TPSA) is 36.3 Å². The number of halogens is 1. The molecule has 0 N–H and O–H groups in total. The molecule has 1 saturated carbocycles. The van der Waals surface area contributed by atoms with Crippen molar-refractivity contribution >= 4 is 26.8 Å². The third-order valence-corrected chi connectivity index (χ3v) is 6.04. The largest absolute Gasteiger partial charge is 0.505 e. The Morgan fingerprint density at radius 1 is 1.42 bits per heavy atom. The summed E-state index contributed by atoms with van der Waals surface area (Å²) < 4.78 is 14.2. The summed E-state index contributed by atoms with van der Waals surface area (Å²) in [5.41, 5.74) is 3.90. The summed E-state index contributed by atoms with van der Waals surface area (Å²) in [6, 6.07) is 2.27. The second-order valence-corrected chi connectivity index (χ2v) is 7.63. The van der Waals surface area contributed by atoms with Gasteiger partial charge in [-0.05, 0) is 83.6 Å². The zero-order chi connectivity index (χ0) is 16.7. The van der Waals surface area contributed by atoms with E-state index in [2.05, 4.69) is 44.8 Å². The van der Waals surface area contributed by atoms with E-state index in [0.717, 1.165) is 19.4 Å². The van der Waals surface area contributed by atoms with Crippen molar-refractivity contribution in [3.05, 3.63) is 40.2 Å². The van der Waals surface area contributed by atoms with Crippen molar-refractivity contribution in [2.75, 3.05) is 13.7 Å². The van der Waals surface area contributed by atoms with Crippen LogP contribution < -0.4 is 0 Å². The number of ether oxygens (including phenoxy) is 2. The Morgan fingerprint density at radius 2 is 2.29 bits per heavy atom. The molecular weight excluding hydrogens is 368 g/mol. The van der Waals surface area contributed by atoms with Crippen molar-refractivity contribution in [1.29, 1.82) is 0 Å². The Bertz CT molecular complexity index is 777. The quantitative estimate of drug-likeness (QED) is 0.683. The SMILES string of the molecule is CO/C=C/[C@H]1C[C@H]1c1c(C)cc2c(cnn2C2CCCCO2)c1Br. The lowest BCUT2D eigenvalue weighted by atomic mass is 10.0. The third kappa shape index (κ3) is 2.78. The predicted octanol–water partition coefficient (Wildman–Crippen LogP) is 5.07. The Morgan fingerprint density at radius 3 is 3.04 bits per heavy atom. The van der Waals surface area contributed by atoms with Gasteiger partial charge in [0, 0.05) is 16.5 Å². The number of aryl methyl sites for hydroxylation is 1. The number of benzene rings is 1. The second-order valence-electron chi connectivity index (χ2n) is 6.83. The Kier molecular flexibility index (Phi) is 4.39. The number of hydrogen-bond acceptors (Lipinski definition) is 3. The maximum absolute atomic E-state index is 5.92. The average molecular weight is 391 g/mol. The van der Waals surface area contributed by atoms with Gasteiger partial charge in [0.25, 0.3) is 0 Å². The third-order valence-electron chi connectivity index (χ3n) is 5.19. The van der Waals surface area contributed by atoms with Crippen LogP contribution in [0.25, 0.3) is 10.9 Å². The summed E-state index contributed by atoms with van der Waals surface area (Å²) >= 11 is 3.86. The summed E-state index contributed by atoms with van der Waals surface area (Å²) in [6.45, 7) is 3.04. The van der Waals surface area contributed by atoms with Gasteiger partial charge in [-0.25, -0.2) is 4.68 Å². The fraction of sp³-hybridized carbons (Fsp3) is 0.526. The molecule has 4 nitrogen and oxygen atoms in total. The van der Waals surface area contributed by atoms with E-state index in [1.807, 2.05) is 6.20 Å². The molecule has 24 heavy (non-hydrogen) atoms. The van der Waals surface area contributed by atoms with Gasteiger partial charge in [0.05, 0.1) is 25.1 Å². The van der Waals surface area contributed by atoms with Crippen molar-refractivity contribution in [3.8, 4) is 0 Å². The van der Waals surface area contributed by atoms with Gasteiger partial charge in [0.1, 0.15) is 0 Å². The maximum atomic E-state index is 5.92. The molecule has 0 spiro atoms. The van der Waals surface area contributed by atoms with E-state index in [4.69, 9.17) is 9.47 Å². The van der Waals surface area contributed by atoms with Crippen LogP contribution >= 0.6 is 15.9 Å². The monoisotopic (exact) mass is 390 g/mol. The van der Waals surface area contributed by atoms with E-state index < -0.39 is 0 Å². The number of aromatic nitrogens is 2. The fourth-order valence-electron chi connectivity index (χ4n) is 3.83. The summed E-state index contributed by atoms with van der Waals surface area (Å²) in [7, 11) is 1.70. The van der Waals surface area contributed by atoms with Crippen LogP contribution in [0.1, 0.15) is 49.0 Å². The second kappa shape index (κ2) is 6.52. The van der Waals surface area contributed by atoms with Gasteiger partial charge in [-0.3, -0.25) is 0 Å². The molecule has 0 bridgehead atoms. The minimum atomic E-state index is 0.0757. The molecule has 2 fully saturated rings. The molecule has 1 aromatic heterocycles. The highest BCUT2D eigenvalue weighted by molar-refractivity contribution is 9.10. The standard InChI is InChI=1S/C19H23BrN2O2/c1-12-9-16-15(11-21-22(16)17-5-3-4-7-24-17)19(20)18(12)14-10-13(14)6-8-23-2/h6,8-9,11,13-14,17H,3-5,7,10H2,1-2H3/b8-6+/t13-,14+,17?/m0/s1. The summed E-state index contributed by atoms with van der Waals surface area (Å²) in [4.78, 5) is 0. The number of hydrogen-bond donors (Lipinski definition) is 0. The molecule has 3 atom stereocenters. The molecule has 0 radical (unpaired) electrons. The highest BCUT2D eigenvalue weighted by atomic mass is 79.9. The molecule has 1 aromatic carbocycles. The van der Waals surface area contributed by atoms with Gasteiger partial charge < -0.3 is 9.47 Å². The Balaban J connectivity index is 1.70. The van der Waals surface area contributed by atoms with E-state index in [1.54, 1.807) is 13.4 Å². The van der Waals surface area contributed by atoms with Crippen molar-refractivity contribution in [1.82, 2.24) is 9.78 Å². The fourth-order valence-corrected chi connectivity index (χ4v) is 4.74. The maximum Gasteiger partial charge on any atom is 0.150 e. The van der Waals surface area contributed by atoms with Gasteiger partial charge in [-0.2, -0.15) is 5.10 Å². The molecular formula is C19H23BrN2O2.